The molecular weight excluding hydrogens is 382 g/mol. The fourth-order valence-electron chi connectivity index (χ4n) is 3.97. The molecule has 148 valence electrons. The number of aryl methyl sites for hydroxylation is 1. The molecule has 1 fully saturated rings. The van der Waals surface area contributed by atoms with E-state index >= 15 is 0 Å². The number of benzene rings is 2. The maximum Gasteiger partial charge on any atom is 0.229 e. The normalized spacial score (nSPS) is 16.6. The number of amides is 1. The van der Waals surface area contributed by atoms with Gasteiger partial charge in [0.1, 0.15) is 0 Å². The zero-order valence-electron chi connectivity index (χ0n) is 16.1. The van der Waals surface area contributed by atoms with E-state index in [1.54, 1.807) is 11.3 Å². The van der Waals surface area contributed by atoms with Gasteiger partial charge in [0.2, 0.25) is 5.91 Å². The molecule has 0 aliphatic carbocycles. The van der Waals surface area contributed by atoms with Crippen LogP contribution in [-0.4, -0.2) is 35.1 Å². The van der Waals surface area contributed by atoms with Crippen molar-refractivity contribution in [3.63, 3.8) is 0 Å². The highest BCUT2D eigenvalue weighted by Gasteiger charge is 2.26. The Morgan fingerprint density at radius 2 is 2.07 bits per heavy atom. The van der Waals surface area contributed by atoms with Crippen molar-refractivity contribution in [1.29, 1.82) is 0 Å². The van der Waals surface area contributed by atoms with E-state index in [4.69, 9.17) is 9.72 Å². The number of nitrogens with zero attached hydrogens (tertiary/aromatic N) is 2. The second-order valence-electron chi connectivity index (χ2n) is 7.46. The first-order valence-electron chi connectivity index (χ1n) is 10.1. The maximum absolute atomic E-state index is 13.3. The number of H-pyrrole nitrogens is 1. The minimum absolute atomic E-state index is 0.0963. The fraction of sp³-hybridized carbons (Fsp3) is 0.304. The van der Waals surface area contributed by atoms with Gasteiger partial charge < -0.3 is 9.72 Å². The summed E-state index contributed by atoms with van der Waals surface area (Å²) in [7, 11) is 0. The number of hydrogen-bond acceptors (Lipinski definition) is 4. The minimum Gasteiger partial charge on any atom is -0.376 e. The molecule has 0 bridgehead atoms. The van der Waals surface area contributed by atoms with Crippen molar-refractivity contribution >= 4 is 43.5 Å². The highest BCUT2D eigenvalue weighted by atomic mass is 32.1. The van der Waals surface area contributed by atoms with Gasteiger partial charge in [-0.05, 0) is 43.0 Å². The van der Waals surface area contributed by atoms with Gasteiger partial charge in [0.05, 0.1) is 22.9 Å². The van der Waals surface area contributed by atoms with Gasteiger partial charge in [-0.3, -0.25) is 9.69 Å². The van der Waals surface area contributed by atoms with E-state index in [9.17, 15) is 4.79 Å². The minimum atomic E-state index is 0.0963. The van der Waals surface area contributed by atoms with Crippen LogP contribution >= 0.6 is 11.3 Å². The molecule has 0 saturated carbocycles. The molecule has 6 heteroatoms. The molecule has 1 unspecified atom stereocenters. The van der Waals surface area contributed by atoms with E-state index < -0.39 is 0 Å². The molecule has 1 atom stereocenters. The predicted molar refractivity (Wildman–Crippen MR) is 118 cm³/mol. The van der Waals surface area contributed by atoms with E-state index in [1.807, 2.05) is 41.4 Å². The second-order valence-corrected chi connectivity index (χ2v) is 8.47. The smallest absolute Gasteiger partial charge is 0.229 e. The van der Waals surface area contributed by atoms with Gasteiger partial charge in [0.25, 0.3) is 0 Å². The first kappa shape index (κ1) is 18.3. The number of nitrogens with one attached hydrogen (secondary N) is 1. The average molecular weight is 406 g/mol. The van der Waals surface area contributed by atoms with Gasteiger partial charge in [-0.25, -0.2) is 4.98 Å². The molecule has 1 amide bonds. The van der Waals surface area contributed by atoms with Crippen LogP contribution in [0.3, 0.4) is 0 Å². The summed E-state index contributed by atoms with van der Waals surface area (Å²) in [5.41, 5.74) is 3.22. The number of fused-ring (bicyclic) bond motifs is 2. The molecule has 29 heavy (non-hydrogen) atoms. The lowest BCUT2D eigenvalue weighted by molar-refractivity contribution is -0.118. The van der Waals surface area contributed by atoms with Gasteiger partial charge in [0.15, 0.2) is 5.13 Å². The summed E-state index contributed by atoms with van der Waals surface area (Å²) in [4.78, 5) is 23.1. The summed E-state index contributed by atoms with van der Waals surface area (Å²) in [6.45, 7) is 1.36. The molecule has 1 aliphatic rings. The number of carbonyl (C=O) groups excluding carboxylic acids is 1. The zero-order chi connectivity index (χ0) is 19.6. The van der Waals surface area contributed by atoms with E-state index in [-0.39, 0.29) is 12.0 Å². The number of rotatable bonds is 6. The van der Waals surface area contributed by atoms with Crippen LogP contribution in [0.5, 0.6) is 0 Å². The molecule has 0 radical (unpaired) electrons. The summed E-state index contributed by atoms with van der Waals surface area (Å²) < 4.78 is 6.92. The Morgan fingerprint density at radius 1 is 1.21 bits per heavy atom. The number of aromatic amines is 1. The lowest BCUT2D eigenvalue weighted by Gasteiger charge is -2.23. The van der Waals surface area contributed by atoms with Gasteiger partial charge in [-0.15, -0.1) is 0 Å². The summed E-state index contributed by atoms with van der Waals surface area (Å²) in [6.07, 6.45) is 5.32. The first-order chi connectivity index (χ1) is 14.3. The second kappa shape index (κ2) is 7.97. The van der Waals surface area contributed by atoms with E-state index in [0.29, 0.717) is 19.4 Å². The van der Waals surface area contributed by atoms with Crippen LogP contribution in [0.15, 0.2) is 54.7 Å². The number of carbonyl (C=O) groups is 1. The lowest BCUT2D eigenvalue weighted by Crippen LogP contribution is -2.37. The van der Waals surface area contributed by atoms with Crippen molar-refractivity contribution in [3.8, 4) is 0 Å². The Hall–Kier alpha value is -2.70. The number of aromatic nitrogens is 2. The molecule has 1 aliphatic heterocycles. The van der Waals surface area contributed by atoms with Crippen LogP contribution in [0.2, 0.25) is 0 Å². The third kappa shape index (κ3) is 3.78. The summed E-state index contributed by atoms with van der Waals surface area (Å²) in [5, 5.41) is 1.96. The van der Waals surface area contributed by atoms with E-state index in [2.05, 4.69) is 23.2 Å². The Balaban J connectivity index is 1.38. The molecule has 5 rings (SSSR count). The van der Waals surface area contributed by atoms with Crippen molar-refractivity contribution in [2.75, 3.05) is 18.1 Å². The topological polar surface area (TPSA) is 58.2 Å². The van der Waals surface area contributed by atoms with Crippen molar-refractivity contribution in [3.05, 3.63) is 60.3 Å². The maximum atomic E-state index is 13.3. The fourth-order valence-corrected chi connectivity index (χ4v) is 4.96. The molecule has 5 nitrogen and oxygen atoms in total. The number of para-hydroxylation sites is 2. The average Bonchev–Trinajstić information content (AvgIpc) is 3.49. The van der Waals surface area contributed by atoms with Crippen LogP contribution in [0.4, 0.5) is 5.13 Å². The highest BCUT2D eigenvalue weighted by Crippen LogP contribution is 2.30. The van der Waals surface area contributed by atoms with Gasteiger partial charge >= 0.3 is 0 Å². The molecule has 4 aromatic rings. The van der Waals surface area contributed by atoms with Gasteiger partial charge in [-0.2, -0.15) is 0 Å². The standard InChI is InChI=1S/C23H23N3O2S/c27-22(12-11-16-14-24-19-8-2-1-7-18(16)19)26(15-17-6-5-13-28-17)23-25-20-9-3-4-10-21(20)29-23/h1-4,7-10,14,17,24H,5-6,11-13,15H2. The highest BCUT2D eigenvalue weighted by molar-refractivity contribution is 7.22. The van der Waals surface area contributed by atoms with Gasteiger partial charge in [0, 0.05) is 30.1 Å². The Labute approximate surface area is 173 Å². The van der Waals surface area contributed by atoms with Crippen LogP contribution in [-0.2, 0) is 16.0 Å². The largest absolute Gasteiger partial charge is 0.376 e. The number of anilines is 1. The summed E-state index contributed by atoms with van der Waals surface area (Å²) in [5.74, 6) is 0.102. The van der Waals surface area contributed by atoms with Crippen LogP contribution in [0.25, 0.3) is 21.1 Å². The molecule has 2 aromatic heterocycles. The molecular formula is C23H23N3O2S. The number of thiazole rings is 1. The monoisotopic (exact) mass is 405 g/mol. The summed E-state index contributed by atoms with van der Waals surface area (Å²) in [6, 6.07) is 16.3. The molecule has 0 spiro atoms. The van der Waals surface area contributed by atoms with Gasteiger partial charge in [-0.1, -0.05) is 41.7 Å². The SMILES string of the molecule is O=C(CCc1c[nH]c2ccccc12)N(CC1CCCO1)c1nc2ccccc2s1. The van der Waals surface area contributed by atoms with E-state index in [1.165, 1.54) is 10.9 Å². The predicted octanol–water partition coefficient (Wildman–Crippen LogP) is 4.92. The Kier molecular flexibility index (Phi) is 5.04. The lowest BCUT2D eigenvalue weighted by atomic mass is 10.1. The Morgan fingerprint density at radius 3 is 2.93 bits per heavy atom. The summed E-state index contributed by atoms with van der Waals surface area (Å²) >= 11 is 1.58. The van der Waals surface area contributed by atoms with Crippen molar-refractivity contribution < 1.29 is 9.53 Å². The first-order valence-corrected chi connectivity index (χ1v) is 10.9. The molecule has 1 N–H and O–H groups in total. The van der Waals surface area contributed by atoms with Crippen molar-refractivity contribution in [2.24, 2.45) is 0 Å². The number of ether oxygens (including phenoxy) is 1. The van der Waals surface area contributed by atoms with Crippen molar-refractivity contribution in [1.82, 2.24) is 9.97 Å². The Bertz CT molecular complexity index is 1110. The van der Waals surface area contributed by atoms with E-state index in [0.717, 1.165) is 40.3 Å². The molecule has 2 aromatic carbocycles. The van der Waals surface area contributed by atoms with Crippen LogP contribution in [0, 0.1) is 0 Å². The number of hydrogen-bond donors (Lipinski definition) is 1. The van der Waals surface area contributed by atoms with Crippen LogP contribution in [0.1, 0.15) is 24.8 Å². The molecule has 3 heterocycles. The van der Waals surface area contributed by atoms with Crippen molar-refractivity contribution in [2.45, 2.75) is 31.8 Å². The zero-order valence-corrected chi connectivity index (χ0v) is 17.0. The molecule has 1 saturated heterocycles. The third-order valence-electron chi connectivity index (χ3n) is 5.51. The quantitative estimate of drug-likeness (QED) is 0.495. The third-order valence-corrected chi connectivity index (χ3v) is 6.57. The van der Waals surface area contributed by atoms with Crippen LogP contribution < -0.4 is 4.90 Å².